The molecule has 0 aliphatic heterocycles. The third-order valence-corrected chi connectivity index (χ3v) is 1.88. The molecule has 0 spiro atoms. The molecule has 0 atom stereocenters. The van der Waals surface area contributed by atoms with Crippen LogP contribution < -0.4 is 0 Å². The Balaban J connectivity index is 2.58. The summed E-state index contributed by atoms with van der Waals surface area (Å²) < 4.78 is 5.00. The molecule has 0 fully saturated rings. The first-order valence-corrected chi connectivity index (χ1v) is 4.29. The molecule has 5 nitrogen and oxygen atoms in total. The highest BCUT2D eigenvalue weighted by molar-refractivity contribution is 5.91. The summed E-state index contributed by atoms with van der Waals surface area (Å²) in [5.41, 5.74) is 1.02. The number of carboxylic acids is 1. The molecule has 0 amide bonds. The first kappa shape index (κ1) is 9.39. The fourth-order valence-electron chi connectivity index (χ4n) is 1.28. The fourth-order valence-corrected chi connectivity index (χ4v) is 1.28. The molecule has 0 radical (unpaired) electrons. The largest absolute Gasteiger partial charge is 0.475 e. The van der Waals surface area contributed by atoms with Gasteiger partial charge in [0.1, 0.15) is 5.69 Å². The lowest BCUT2D eigenvalue weighted by molar-refractivity contribution is 0.0662. The van der Waals surface area contributed by atoms with E-state index in [2.05, 4.69) is 9.97 Å². The van der Waals surface area contributed by atoms with Crippen LogP contribution in [0.15, 0.2) is 28.9 Å². The van der Waals surface area contributed by atoms with Crippen molar-refractivity contribution in [2.24, 2.45) is 0 Å². The third kappa shape index (κ3) is 1.71. The van der Waals surface area contributed by atoms with Crippen molar-refractivity contribution in [3.8, 4) is 11.3 Å². The molecule has 0 aliphatic carbocycles. The molecule has 0 aromatic carbocycles. The molecule has 0 saturated carbocycles. The number of pyridine rings is 1. The predicted molar refractivity (Wildman–Crippen MR) is 51.4 cm³/mol. The lowest BCUT2D eigenvalue weighted by Gasteiger charge is -1.95. The summed E-state index contributed by atoms with van der Waals surface area (Å²) >= 11 is 0. The predicted octanol–water partition coefficient (Wildman–Crippen LogP) is 1.74. The van der Waals surface area contributed by atoms with Crippen LogP contribution >= 0.6 is 0 Å². The second-order valence-corrected chi connectivity index (χ2v) is 2.95. The Labute approximate surface area is 85.4 Å². The molecule has 2 heterocycles. The van der Waals surface area contributed by atoms with E-state index in [9.17, 15) is 4.79 Å². The topological polar surface area (TPSA) is 76.2 Å². The number of hydrogen-bond acceptors (Lipinski definition) is 4. The highest BCUT2D eigenvalue weighted by atomic mass is 16.4. The smallest absolute Gasteiger partial charge is 0.374 e. The van der Waals surface area contributed by atoms with Crippen LogP contribution in [-0.2, 0) is 0 Å². The van der Waals surface area contributed by atoms with Gasteiger partial charge in [0, 0.05) is 24.9 Å². The van der Waals surface area contributed by atoms with Crippen LogP contribution in [0.25, 0.3) is 11.3 Å². The van der Waals surface area contributed by atoms with Crippen LogP contribution in [0, 0.1) is 6.92 Å². The Bertz CT molecular complexity index is 491. The molecule has 2 rings (SSSR count). The lowest BCUT2D eigenvalue weighted by Crippen LogP contribution is -1.96. The van der Waals surface area contributed by atoms with Crippen LogP contribution in [0.2, 0.25) is 0 Å². The lowest BCUT2D eigenvalue weighted by atomic mass is 10.2. The maximum absolute atomic E-state index is 10.9. The van der Waals surface area contributed by atoms with Crippen molar-refractivity contribution >= 4 is 5.97 Å². The molecule has 0 bridgehead atoms. The highest BCUT2D eigenvalue weighted by Crippen LogP contribution is 2.22. The number of aryl methyl sites for hydroxylation is 1. The molecular weight excluding hydrogens is 196 g/mol. The van der Waals surface area contributed by atoms with Gasteiger partial charge < -0.3 is 9.52 Å². The number of carboxylic acid groups (broad SMARTS) is 1. The van der Waals surface area contributed by atoms with E-state index in [1.54, 1.807) is 31.5 Å². The molecule has 0 saturated heterocycles. The van der Waals surface area contributed by atoms with E-state index in [-0.39, 0.29) is 5.76 Å². The first-order chi connectivity index (χ1) is 7.18. The molecule has 0 aliphatic rings. The van der Waals surface area contributed by atoms with E-state index >= 15 is 0 Å². The maximum atomic E-state index is 10.9. The molecule has 15 heavy (non-hydrogen) atoms. The van der Waals surface area contributed by atoms with Gasteiger partial charge in [0.15, 0.2) is 5.89 Å². The average molecular weight is 204 g/mol. The number of rotatable bonds is 2. The zero-order chi connectivity index (χ0) is 10.8. The van der Waals surface area contributed by atoms with Gasteiger partial charge in [-0.25, -0.2) is 9.78 Å². The zero-order valence-corrected chi connectivity index (χ0v) is 7.97. The second kappa shape index (κ2) is 3.53. The van der Waals surface area contributed by atoms with Crippen LogP contribution in [-0.4, -0.2) is 21.0 Å². The monoisotopic (exact) mass is 204 g/mol. The zero-order valence-electron chi connectivity index (χ0n) is 7.97. The Morgan fingerprint density at radius 2 is 2.07 bits per heavy atom. The molecule has 2 aromatic heterocycles. The number of aromatic nitrogens is 2. The van der Waals surface area contributed by atoms with Crippen molar-refractivity contribution in [2.75, 3.05) is 0 Å². The summed E-state index contributed by atoms with van der Waals surface area (Å²) in [7, 11) is 0. The highest BCUT2D eigenvalue weighted by Gasteiger charge is 2.18. The summed E-state index contributed by atoms with van der Waals surface area (Å²) in [5, 5.41) is 8.89. The minimum Gasteiger partial charge on any atom is -0.475 e. The van der Waals surface area contributed by atoms with E-state index < -0.39 is 5.97 Å². The van der Waals surface area contributed by atoms with Gasteiger partial charge in [0.05, 0.1) is 0 Å². The second-order valence-electron chi connectivity index (χ2n) is 2.95. The van der Waals surface area contributed by atoms with Crippen molar-refractivity contribution in [3.05, 3.63) is 36.2 Å². The summed E-state index contributed by atoms with van der Waals surface area (Å²) in [6.45, 7) is 1.61. The number of nitrogens with zero attached hydrogens (tertiary/aromatic N) is 2. The molecule has 2 aromatic rings. The van der Waals surface area contributed by atoms with Gasteiger partial charge in [-0.05, 0) is 12.1 Å². The molecule has 76 valence electrons. The van der Waals surface area contributed by atoms with Crippen molar-refractivity contribution in [2.45, 2.75) is 6.92 Å². The summed E-state index contributed by atoms with van der Waals surface area (Å²) in [5.74, 6) is -0.930. The van der Waals surface area contributed by atoms with Gasteiger partial charge >= 0.3 is 5.97 Å². The van der Waals surface area contributed by atoms with Crippen LogP contribution in [0.1, 0.15) is 16.4 Å². The minimum atomic E-state index is -1.12. The molecule has 0 unspecified atom stereocenters. The molecule has 5 heteroatoms. The average Bonchev–Trinajstić information content (AvgIpc) is 2.62. The summed E-state index contributed by atoms with van der Waals surface area (Å²) in [4.78, 5) is 18.7. The fraction of sp³-hybridized carbons (Fsp3) is 0.100. The standard InChI is InChI=1S/C10H8N2O3/c1-6-12-8(9(15-6)10(13)14)7-2-4-11-5-3-7/h2-5H,1H3,(H,13,14). The Morgan fingerprint density at radius 3 is 2.67 bits per heavy atom. The number of carbonyl (C=O) groups is 1. The number of oxazole rings is 1. The normalized spacial score (nSPS) is 10.2. The van der Waals surface area contributed by atoms with E-state index in [1.807, 2.05) is 0 Å². The van der Waals surface area contributed by atoms with Gasteiger partial charge in [-0.1, -0.05) is 0 Å². The minimum absolute atomic E-state index is 0.140. The van der Waals surface area contributed by atoms with Crippen LogP contribution in [0.3, 0.4) is 0 Å². The van der Waals surface area contributed by atoms with E-state index in [0.717, 1.165) is 0 Å². The van der Waals surface area contributed by atoms with Gasteiger partial charge in [-0.3, -0.25) is 4.98 Å². The Hall–Kier alpha value is -2.17. The SMILES string of the molecule is Cc1nc(-c2ccncc2)c(C(=O)O)o1. The maximum Gasteiger partial charge on any atom is 0.374 e. The van der Waals surface area contributed by atoms with Crippen molar-refractivity contribution in [3.63, 3.8) is 0 Å². The van der Waals surface area contributed by atoms with Crippen LogP contribution in [0.5, 0.6) is 0 Å². The molecular formula is C10H8N2O3. The Morgan fingerprint density at radius 1 is 1.40 bits per heavy atom. The van der Waals surface area contributed by atoms with Gasteiger partial charge in [0.2, 0.25) is 5.76 Å². The van der Waals surface area contributed by atoms with Crippen molar-refractivity contribution in [1.82, 2.24) is 9.97 Å². The third-order valence-electron chi connectivity index (χ3n) is 1.88. The quantitative estimate of drug-likeness (QED) is 0.806. The van der Waals surface area contributed by atoms with E-state index in [1.165, 1.54) is 0 Å². The van der Waals surface area contributed by atoms with Crippen molar-refractivity contribution in [1.29, 1.82) is 0 Å². The van der Waals surface area contributed by atoms with E-state index in [0.29, 0.717) is 17.1 Å². The summed E-state index contributed by atoms with van der Waals surface area (Å²) in [6, 6.07) is 3.37. The number of hydrogen-bond donors (Lipinski definition) is 1. The van der Waals surface area contributed by atoms with Crippen LogP contribution in [0.4, 0.5) is 0 Å². The van der Waals surface area contributed by atoms with Gasteiger partial charge in [0.25, 0.3) is 0 Å². The van der Waals surface area contributed by atoms with Crippen molar-refractivity contribution < 1.29 is 14.3 Å². The molecule has 1 N–H and O–H groups in total. The first-order valence-electron chi connectivity index (χ1n) is 4.29. The summed E-state index contributed by atoms with van der Waals surface area (Å²) in [6.07, 6.45) is 3.15. The van der Waals surface area contributed by atoms with E-state index in [4.69, 9.17) is 9.52 Å². The number of aromatic carboxylic acids is 1. The Kier molecular flexibility index (Phi) is 2.21. The van der Waals surface area contributed by atoms with Gasteiger partial charge in [-0.15, -0.1) is 0 Å². The van der Waals surface area contributed by atoms with Gasteiger partial charge in [-0.2, -0.15) is 0 Å².